The Morgan fingerprint density at radius 3 is 2.61 bits per heavy atom. The maximum absolute atomic E-state index is 12.9. The maximum atomic E-state index is 12.9. The molecule has 1 aliphatic rings. The van der Waals surface area contributed by atoms with Gasteiger partial charge in [-0.15, -0.1) is 0 Å². The molecule has 1 aliphatic heterocycles. The summed E-state index contributed by atoms with van der Waals surface area (Å²) in [6.07, 6.45) is 2.50. The third-order valence-electron chi connectivity index (χ3n) is 6.52. The van der Waals surface area contributed by atoms with Crippen molar-refractivity contribution in [3.63, 3.8) is 0 Å². The van der Waals surface area contributed by atoms with Gasteiger partial charge in [-0.25, -0.2) is 4.98 Å². The molecule has 184 valence electrons. The van der Waals surface area contributed by atoms with Crippen molar-refractivity contribution in [1.82, 2.24) is 4.98 Å². The van der Waals surface area contributed by atoms with Crippen LogP contribution >= 0.6 is 11.6 Å². The molecule has 1 N–H and O–H groups in total. The number of nitrogens with one attached hydrogen (secondary N) is 1. The summed E-state index contributed by atoms with van der Waals surface area (Å²) in [6.45, 7) is 3.73. The van der Waals surface area contributed by atoms with Crippen LogP contribution in [0.1, 0.15) is 41.6 Å². The Hall–Kier alpha value is -3.91. The molecule has 0 spiro atoms. The van der Waals surface area contributed by atoms with Crippen molar-refractivity contribution in [2.45, 2.75) is 26.2 Å². The normalized spacial score (nSPS) is 14.2. The van der Waals surface area contributed by atoms with E-state index in [1.54, 1.807) is 30.3 Å². The molecule has 1 amide bonds. The summed E-state index contributed by atoms with van der Waals surface area (Å²) in [5.74, 6) is 0.733. The maximum Gasteiger partial charge on any atom is 0.293 e. The number of nitrogens with zero attached hydrogens (tertiary/aromatic N) is 3. The van der Waals surface area contributed by atoms with Crippen molar-refractivity contribution in [3.05, 3.63) is 92.8 Å². The van der Waals surface area contributed by atoms with Crippen molar-refractivity contribution in [2.24, 2.45) is 5.92 Å². The molecule has 0 saturated carbocycles. The first-order valence-electron chi connectivity index (χ1n) is 11.8. The van der Waals surface area contributed by atoms with Gasteiger partial charge in [-0.3, -0.25) is 14.9 Å². The first-order chi connectivity index (χ1) is 17.4. The molecule has 1 aromatic heterocycles. The Kier molecular flexibility index (Phi) is 6.61. The summed E-state index contributed by atoms with van der Waals surface area (Å²) < 4.78 is 5.83. The molecule has 1 fully saturated rings. The van der Waals surface area contributed by atoms with Crippen LogP contribution in [0.25, 0.3) is 11.1 Å². The molecule has 2 heterocycles. The number of oxazole rings is 1. The van der Waals surface area contributed by atoms with Crippen molar-refractivity contribution in [3.8, 4) is 0 Å². The Morgan fingerprint density at radius 1 is 1.14 bits per heavy atom. The van der Waals surface area contributed by atoms with Crippen LogP contribution in [0.5, 0.6) is 0 Å². The largest absolute Gasteiger partial charge is 0.440 e. The van der Waals surface area contributed by atoms with Crippen molar-refractivity contribution >= 4 is 45.7 Å². The molecule has 1 saturated heterocycles. The highest BCUT2D eigenvalue weighted by atomic mass is 35.5. The van der Waals surface area contributed by atoms with Crippen molar-refractivity contribution < 1.29 is 14.1 Å². The van der Waals surface area contributed by atoms with Gasteiger partial charge in [-0.1, -0.05) is 30.7 Å². The van der Waals surface area contributed by atoms with E-state index in [1.165, 1.54) is 6.07 Å². The zero-order valence-electron chi connectivity index (χ0n) is 19.7. The number of halogens is 1. The van der Waals surface area contributed by atoms with E-state index in [0.717, 1.165) is 31.5 Å². The Balaban J connectivity index is 1.32. The lowest BCUT2D eigenvalue weighted by molar-refractivity contribution is -0.384. The van der Waals surface area contributed by atoms with E-state index < -0.39 is 10.8 Å². The number of amides is 1. The van der Waals surface area contributed by atoms with Gasteiger partial charge >= 0.3 is 0 Å². The standard InChI is InChI=1S/C27H25ClN4O4/c1-17-10-12-31(13-11-17)23-8-4-19(15-24(23)32(34)35)27(33)29-21-7-9-25-22(16-21)30-26(36-25)14-18-2-5-20(28)6-3-18/h2-9,15-17H,10-14H2,1H3,(H,29,33). The minimum atomic E-state index is -0.429. The second-order valence-electron chi connectivity index (χ2n) is 9.18. The first-order valence-corrected chi connectivity index (χ1v) is 12.2. The second kappa shape index (κ2) is 9.99. The average molecular weight is 505 g/mol. The molecule has 3 aromatic carbocycles. The SMILES string of the molecule is CC1CCN(c2ccc(C(=O)Nc3ccc4oc(Cc5ccc(Cl)cc5)nc4c3)cc2[N+](=O)[O-])CC1. The summed E-state index contributed by atoms with van der Waals surface area (Å²) in [7, 11) is 0. The predicted octanol–water partition coefficient (Wildman–Crippen LogP) is 6.47. The van der Waals surface area contributed by atoms with Crippen LogP contribution in [0, 0.1) is 16.0 Å². The van der Waals surface area contributed by atoms with E-state index in [0.29, 0.717) is 45.7 Å². The minimum Gasteiger partial charge on any atom is -0.440 e. The van der Waals surface area contributed by atoms with Crippen molar-refractivity contribution in [2.75, 3.05) is 23.3 Å². The molecule has 0 unspecified atom stereocenters. The van der Waals surface area contributed by atoms with Crippen LogP contribution < -0.4 is 10.2 Å². The van der Waals surface area contributed by atoms with Gasteiger partial charge in [-0.05, 0) is 66.8 Å². The van der Waals surface area contributed by atoms with Crippen LogP contribution in [0.2, 0.25) is 5.02 Å². The molecule has 8 nitrogen and oxygen atoms in total. The third-order valence-corrected chi connectivity index (χ3v) is 6.77. The lowest BCUT2D eigenvalue weighted by Crippen LogP contribution is -2.33. The highest BCUT2D eigenvalue weighted by molar-refractivity contribution is 6.30. The van der Waals surface area contributed by atoms with Gasteiger partial charge in [0.15, 0.2) is 11.5 Å². The molecular weight excluding hydrogens is 480 g/mol. The average Bonchev–Trinajstić information content (AvgIpc) is 3.27. The van der Waals surface area contributed by atoms with Crippen molar-refractivity contribution in [1.29, 1.82) is 0 Å². The van der Waals surface area contributed by atoms with E-state index in [4.69, 9.17) is 16.0 Å². The highest BCUT2D eigenvalue weighted by Crippen LogP contribution is 2.32. The van der Waals surface area contributed by atoms with E-state index in [2.05, 4.69) is 17.2 Å². The predicted molar refractivity (Wildman–Crippen MR) is 140 cm³/mol. The number of carbonyl (C=O) groups is 1. The second-order valence-corrected chi connectivity index (χ2v) is 9.61. The Bertz CT molecular complexity index is 1430. The van der Waals surface area contributed by atoms with Gasteiger partial charge in [0.05, 0.1) is 4.92 Å². The molecule has 36 heavy (non-hydrogen) atoms. The van der Waals surface area contributed by atoms with Gasteiger partial charge in [0, 0.05) is 41.9 Å². The van der Waals surface area contributed by atoms with Crippen LogP contribution in [0.3, 0.4) is 0 Å². The topological polar surface area (TPSA) is 102 Å². The smallest absolute Gasteiger partial charge is 0.293 e. The fourth-order valence-electron chi connectivity index (χ4n) is 4.44. The third kappa shape index (κ3) is 5.18. The molecule has 0 bridgehead atoms. The zero-order valence-corrected chi connectivity index (χ0v) is 20.5. The number of carbonyl (C=O) groups excluding carboxylic acids is 1. The van der Waals surface area contributed by atoms with E-state index in [1.807, 2.05) is 29.2 Å². The number of nitro groups is 1. The van der Waals surface area contributed by atoms with Gasteiger partial charge in [-0.2, -0.15) is 0 Å². The lowest BCUT2D eigenvalue weighted by atomic mass is 9.98. The van der Waals surface area contributed by atoms with Gasteiger partial charge < -0.3 is 14.6 Å². The van der Waals surface area contributed by atoms with E-state index in [-0.39, 0.29) is 11.3 Å². The van der Waals surface area contributed by atoms with Crippen LogP contribution in [0.4, 0.5) is 17.1 Å². The summed E-state index contributed by atoms with van der Waals surface area (Å²) in [5.41, 5.74) is 3.47. The molecule has 4 aromatic rings. The number of rotatable bonds is 6. The van der Waals surface area contributed by atoms with E-state index >= 15 is 0 Å². The molecule has 9 heteroatoms. The van der Waals surface area contributed by atoms with Crippen LogP contribution in [-0.2, 0) is 6.42 Å². The van der Waals surface area contributed by atoms with Gasteiger partial charge in [0.25, 0.3) is 11.6 Å². The van der Waals surface area contributed by atoms with Gasteiger partial charge in [0.1, 0.15) is 11.2 Å². The molecule has 0 atom stereocenters. The number of hydrogen-bond acceptors (Lipinski definition) is 6. The number of aromatic nitrogens is 1. The summed E-state index contributed by atoms with van der Waals surface area (Å²) in [5, 5.41) is 15.3. The summed E-state index contributed by atoms with van der Waals surface area (Å²) in [4.78, 5) is 30.8. The zero-order chi connectivity index (χ0) is 25.2. The first kappa shape index (κ1) is 23.8. The van der Waals surface area contributed by atoms with E-state index in [9.17, 15) is 14.9 Å². The Labute approximate surface area is 213 Å². The number of piperidine rings is 1. The lowest BCUT2D eigenvalue weighted by Gasteiger charge is -2.31. The number of benzene rings is 3. The number of nitro benzene ring substituents is 1. The van der Waals surface area contributed by atoms with Gasteiger partial charge in [0.2, 0.25) is 0 Å². The minimum absolute atomic E-state index is 0.0593. The molecule has 0 radical (unpaired) electrons. The number of anilines is 2. The highest BCUT2D eigenvalue weighted by Gasteiger charge is 2.25. The van der Waals surface area contributed by atoms with Crippen LogP contribution in [0.15, 0.2) is 65.1 Å². The number of fused-ring (bicyclic) bond motifs is 1. The number of hydrogen-bond donors (Lipinski definition) is 1. The summed E-state index contributed by atoms with van der Waals surface area (Å²) in [6, 6.07) is 17.3. The summed E-state index contributed by atoms with van der Waals surface area (Å²) >= 11 is 5.95. The fraction of sp³-hybridized carbons (Fsp3) is 0.259. The van der Waals surface area contributed by atoms with Crippen LogP contribution in [-0.4, -0.2) is 28.9 Å². The Morgan fingerprint density at radius 2 is 1.89 bits per heavy atom. The molecule has 5 rings (SSSR count). The monoisotopic (exact) mass is 504 g/mol. The molecular formula is C27H25ClN4O4. The molecule has 0 aliphatic carbocycles. The quantitative estimate of drug-likeness (QED) is 0.238. The fourth-order valence-corrected chi connectivity index (χ4v) is 4.56.